The maximum Gasteiger partial charge on any atom is 0.240 e. The Morgan fingerprint density at radius 2 is 2.42 bits per heavy atom. The van der Waals surface area contributed by atoms with E-state index in [9.17, 15) is 9.18 Å². The smallest absolute Gasteiger partial charge is 0.240 e. The fourth-order valence-electron chi connectivity index (χ4n) is 2.28. The SMILES string of the molecule is CCNc1ncc(F)c(N2CCCCC2C(N)=O)n1. The highest BCUT2D eigenvalue weighted by molar-refractivity contribution is 5.83. The lowest BCUT2D eigenvalue weighted by Gasteiger charge is -2.34. The second kappa shape index (κ2) is 5.81. The number of nitrogens with zero attached hydrogens (tertiary/aromatic N) is 3. The maximum atomic E-state index is 13.9. The van der Waals surface area contributed by atoms with Gasteiger partial charge in [-0.2, -0.15) is 4.98 Å². The minimum absolute atomic E-state index is 0.148. The van der Waals surface area contributed by atoms with Crippen molar-refractivity contribution in [3.8, 4) is 0 Å². The average Bonchev–Trinajstić information content (AvgIpc) is 2.41. The second-order valence-electron chi connectivity index (χ2n) is 4.50. The Labute approximate surface area is 111 Å². The van der Waals surface area contributed by atoms with Gasteiger partial charge in [-0.3, -0.25) is 4.79 Å². The summed E-state index contributed by atoms with van der Waals surface area (Å²) in [6.45, 7) is 3.12. The van der Waals surface area contributed by atoms with Gasteiger partial charge >= 0.3 is 0 Å². The van der Waals surface area contributed by atoms with Crippen molar-refractivity contribution >= 4 is 17.7 Å². The van der Waals surface area contributed by atoms with Gasteiger partial charge < -0.3 is 16.0 Å². The summed E-state index contributed by atoms with van der Waals surface area (Å²) in [6.07, 6.45) is 3.56. The van der Waals surface area contributed by atoms with Crippen LogP contribution >= 0.6 is 0 Å². The molecule has 1 aliphatic rings. The molecule has 19 heavy (non-hydrogen) atoms. The van der Waals surface area contributed by atoms with Crippen LogP contribution in [0, 0.1) is 5.82 Å². The first kappa shape index (κ1) is 13.5. The normalized spacial score (nSPS) is 19.3. The summed E-state index contributed by atoms with van der Waals surface area (Å²) in [7, 11) is 0. The zero-order valence-corrected chi connectivity index (χ0v) is 10.9. The molecular weight excluding hydrogens is 249 g/mol. The Bertz CT molecular complexity index is 467. The zero-order valence-electron chi connectivity index (χ0n) is 10.9. The lowest BCUT2D eigenvalue weighted by atomic mass is 10.0. The minimum Gasteiger partial charge on any atom is -0.368 e. The molecule has 7 heteroatoms. The predicted molar refractivity (Wildman–Crippen MR) is 70.3 cm³/mol. The number of anilines is 2. The Kier molecular flexibility index (Phi) is 4.13. The van der Waals surface area contributed by atoms with Crippen molar-refractivity contribution in [1.82, 2.24) is 9.97 Å². The van der Waals surface area contributed by atoms with Gasteiger partial charge in [-0.25, -0.2) is 9.37 Å². The van der Waals surface area contributed by atoms with Crippen LogP contribution in [0.5, 0.6) is 0 Å². The van der Waals surface area contributed by atoms with Gasteiger partial charge in [-0.1, -0.05) is 0 Å². The molecule has 1 fully saturated rings. The number of piperidine rings is 1. The van der Waals surface area contributed by atoms with E-state index in [4.69, 9.17) is 5.73 Å². The van der Waals surface area contributed by atoms with Gasteiger partial charge in [0.2, 0.25) is 11.9 Å². The number of hydrogen-bond acceptors (Lipinski definition) is 5. The second-order valence-corrected chi connectivity index (χ2v) is 4.50. The number of carbonyl (C=O) groups is 1. The highest BCUT2D eigenvalue weighted by Gasteiger charge is 2.30. The molecule has 0 aromatic carbocycles. The molecule has 1 saturated heterocycles. The van der Waals surface area contributed by atoms with E-state index in [0.29, 0.717) is 25.5 Å². The topological polar surface area (TPSA) is 84.1 Å². The summed E-state index contributed by atoms with van der Waals surface area (Å²) >= 11 is 0. The molecule has 104 valence electrons. The van der Waals surface area contributed by atoms with Crippen LogP contribution in [-0.4, -0.2) is 35.0 Å². The van der Waals surface area contributed by atoms with Gasteiger partial charge in [0.25, 0.3) is 0 Å². The number of halogens is 1. The molecule has 0 radical (unpaired) electrons. The number of amides is 1. The van der Waals surface area contributed by atoms with Crippen LogP contribution in [0.4, 0.5) is 16.2 Å². The van der Waals surface area contributed by atoms with Crippen LogP contribution in [0.15, 0.2) is 6.20 Å². The van der Waals surface area contributed by atoms with Crippen molar-refractivity contribution in [3.05, 3.63) is 12.0 Å². The molecule has 1 atom stereocenters. The molecule has 6 nitrogen and oxygen atoms in total. The Hall–Kier alpha value is -1.92. The minimum atomic E-state index is -0.533. The van der Waals surface area contributed by atoms with Gasteiger partial charge in [0, 0.05) is 13.1 Å². The Morgan fingerprint density at radius 1 is 1.63 bits per heavy atom. The quantitative estimate of drug-likeness (QED) is 0.846. The molecule has 1 aromatic heterocycles. The van der Waals surface area contributed by atoms with Crippen molar-refractivity contribution < 1.29 is 9.18 Å². The third-order valence-corrected chi connectivity index (χ3v) is 3.16. The number of rotatable bonds is 4. The molecule has 0 saturated carbocycles. The number of nitrogens with two attached hydrogens (primary N) is 1. The first-order valence-electron chi connectivity index (χ1n) is 6.46. The van der Waals surface area contributed by atoms with E-state index in [1.807, 2.05) is 6.92 Å². The number of hydrogen-bond donors (Lipinski definition) is 2. The molecule has 1 aromatic rings. The van der Waals surface area contributed by atoms with Gasteiger partial charge in [0.15, 0.2) is 11.6 Å². The molecule has 0 aliphatic carbocycles. The first-order chi connectivity index (χ1) is 9.13. The summed E-state index contributed by atoms with van der Waals surface area (Å²) in [6, 6.07) is -0.493. The van der Waals surface area contributed by atoms with Crippen LogP contribution in [0.2, 0.25) is 0 Å². The molecule has 0 bridgehead atoms. The summed E-state index contributed by atoms with van der Waals surface area (Å²) in [5, 5.41) is 2.93. The average molecular weight is 267 g/mol. The zero-order chi connectivity index (χ0) is 13.8. The van der Waals surface area contributed by atoms with E-state index in [-0.39, 0.29) is 5.82 Å². The van der Waals surface area contributed by atoms with Crippen LogP contribution in [-0.2, 0) is 4.79 Å². The van der Waals surface area contributed by atoms with Crippen molar-refractivity contribution in [2.24, 2.45) is 5.73 Å². The Balaban J connectivity index is 2.32. The fraction of sp³-hybridized carbons (Fsp3) is 0.583. The van der Waals surface area contributed by atoms with E-state index >= 15 is 0 Å². The van der Waals surface area contributed by atoms with E-state index < -0.39 is 17.8 Å². The summed E-state index contributed by atoms with van der Waals surface area (Å²) in [5.41, 5.74) is 5.38. The van der Waals surface area contributed by atoms with Crippen molar-refractivity contribution in [2.75, 3.05) is 23.3 Å². The van der Waals surface area contributed by atoms with Crippen LogP contribution in [0.3, 0.4) is 0 Å². The molecule has 2 heterocycles. The largest absolute Gasteiger partial charge is 0.368 e. The van der Waals surface area contributed by atoms with Crippen LogP contribution in [0.25, 0.3) is 0 Å². The lowest BCUT2D eigenvalue weighted by Crippen LogP contribution is -2.48. The molecule has 1 unspecified atom stereocenters. The van der Waals surface area contributed by atoms with Crippen LogP contribution < -0.4 is 16.0 Å². The molecule has 0 spiro atoms. The number of aromatic nitrogens is 2. The third kappa shape index (κ3) is 2.91. The highest BCUT2D eigenvalue weighted by Crippen LogP contribution is 2.25. The first-order valence-corrected chi connectivity index (χ1v) is 6.46. The molecule has 2 rings (SSSR count). The molecular formula is C12H18FN5O. The standard InChI is InChI=1S/C12H18FN5O/c1-2-15-12-16-7-8(13)11(17-12)18-6-4-3-5-9(18)10(14)19/h7,9H,2-6H2,1H3,(H2,14,19)(H,15,16,17). The monoisotopic (exact) mass is 267 g/mol. The van der Waals surface area contributed by atoms with Gasteiger partial charge in [0.05, 0.1) is 6.20 Å². The van der Waals surface area contributed by atoms with Gasteiger partial charge in [0.1, 0.15) is 6.04 Å². The van der Waals surface area contributed by atoms with Crippen molar-refractivity contribution in [2.45, 2.75) is 32.2 Å². The highest BCUT2D eigenvalue weighted by atomic mass is 19.1. The number of nitrogens with one attached hydrogen (secondary N) is 1. The number of primary amides is 1. The Morgan fingerprint density at radius 3 is 3.11 bits per heavy atom. The van der Waals surface area contributed by atoms with E-state index in [1.165, 1.54) is 0 Å². The van der Waals surface area contributed by atoms with E-state index in [2.05, 4.69) is 15.3 Å². The van der Waals surface area contributed by atoms with Crippen molar-refractivity contribution in [3.63, 3.8) is 0 Å². The summed E-state index contributed by atoms with van der Waals surface area (Å²) < 4.78 is 13.9. The van der Waals surface area contributed by atoms with E-state index in [0.717, 1.165) is 19.0 Å². The summed E-state index contributed by atoms with van der Waals surface area (Å²) in [5.74, 6) is -0.473. The molecule has 3 N–H and O–H groups in total. The lowest BCUT2D eigenvalue weighted by molar-refractivity contribution is -0.119. The van der Waals surface area contributed by atoms with Crippen LogP contribution in [0.1, 0.15) is 26.2 Å². The van der Waals surface area contributed by atoms with E-state index in [1.54, 1.807) is 4.90 Å². The molecule has 1 aliphatic heterocycles. The van der Waals surface area contributed by atoms with Gasteiger partial charge in [-0.05, 0) is 26.2 Å². The van der Waals surface area contributed by atoms with Crippen molar-refractivity contribution in [1.29, 1.82) is 0 Å². The summed E-state index contributed by atoms with van der Waals surface area (Å²) in [4.78, 5) is 21.1. The number of carbonyl (C=O) groups excluding carboxylic acids is 1. The predicted octanol–water partition coefficient (Wildman–Crippen LogP) is 0.892. The van der Waals surface area contributed by atoms with Gasteiger partial charge in [-0.15, -0.1) is 0 Å². The third-order valence-electron chi connectivity index (χ3n) is 3.16. The fourth-order valence-corrected chi connectivity index (χ4v) is 2.28. The molecule has 1 amide bonds. The maximum absolute atomic E-state index is 13.9.